The number of aromatic nitrogens is 1. The number of nitriles is 1. The number of hydrogen-bond donors (Lipinski definition) is 0. The molecule has 4 nitrogen and oxygen atoms in total. The van der Waals surface area contributed by atoms with Crippen molar-refractivity contribution in [1.29, 1.82) is 5.26 Å². The van der Waals surface area contributed by atoms with Crippen LogP contribution in [0.15, 0.2) is 46.8 Å². The molecule has 0 aliphatic heterocycles. The van der Waals surface area contributed by atoms with Gasteiger partial charge in [0, 0.05) is 30.6 Å². The molecule has 0 saturated carbocycles. The van der Waals surface area contributed by atoms with Gasteiger partial charge >= 0.3 is 0 Å². The molecular weight excluding hydrogens is 326 g/mol. The van der Waals surface area contributed by atoms with E-state index in [2.05, 4.69) is 11.1 Å². The summed E-state index contributed by atoms with van der Waals surface area (Å²) in [5, 5.41) is 8.95. The zero-order valence-corrected chi connectivity index (χ0v) is 14.3. The van der Waals surface area contributed by atoms with Crippen molar-refractivity contribution in [2.24, 2.45) is 0 Å². The molecule has 6 heteroatoms. The summed E-state index contributed by atoms with van der Waals surface area (Å²) in [6, 6.07) is 13.5. The van der Waals surface area contributed by atoms with Gasteiger partial charge in [-0.2, -0.15) is 5.26 Å². The monoisotopic (exact) mass is 340 g/mol. The van der Waals surface area contributed by atoms with Crippen LogP contribution in [0.4, 0.5) is 4.79 Å². The summed E-state index contributed by atoms with van der Waals surface area (Å²) in [5.74, 6) is 0. The zero-order chi connectivity index (χ0) is 16.4. The molecular formula is C17H14N3OS2+. The molecule has 1 amide bonds. The van der Waals surface area contributed by atoms with Crippen LogP contribution in [0, 0.1) is 11.3 Å². The lowest BCUT2D eigenvalue weighted by Crippen LogP contribution is -2.16. The number of aromatic amines is 1. The summed E-state index contributed by atoms with van der Waals surface area (Å²) in [6.07, 6.45) is 0. The zero-order valence-electron chi connectivity index (χ0n) is 12.7. The molecule has 0 bridgehead atoms. The number of carbonyl (C=O) groups excluding carboxylic acids is 1. The maximum atomic E-state index is 12.1. The normalized spacial score (nSPS) is 10.5. The molecule has 3 rings (SSSR count). The Morgan fingerprint density at radius 3 is 2.61 bits per heavy atom. The molecule has 0 aliphatic rings. The van der Waals surface area contributed by atoms with Gasteiger partial charge in [0.1, 0.15) is 4.70 Å². The largest absolute Gasteiger partial charge is 0.339 e. The van der Waals surface area contributed by atoms with Crippen molar-refractivity contribution in [3.8, 4) is 17.2 Å². The van der Waals surface area contributed by atoms with E-state index < -0.39 is 0 Å². The molecule has 0 radical (unpaired) electrons. The second kappa shape index (κ2) is 6.41. The predicted octanol–water partition coefficient (Wildman–Crippen LogP) is 4.03. The fraction of sp³-hybridized carbons (Fsp3) is 0.118. The maximum absolute atomic E-state index is 12.1. The first-order valence-electron chi connectivity index (χ1n) is 6.91. The first-order chi connectivity index (χ1) is 11.1. The van der Waals surface area contributed by atoms with Gasteiger partial charge in [-0.05, 0) is 35.5 Å². The SMILES string of the molecule is CN(C)C(=O)Sc1ccc2[nH+]csc2c1-c1ccc(C#N)cc1. The van der Waals surface area contributed by atoms with Crippen molar-refractivity contribution in [2.45, 2.75) is 4.90 Å². The smallest absolute Gasteiger partial charge is 0.285 e. The average Bonchev–Trinajstić information content (AvgIpc) is 3.03. The first-order valence-corrected chi connectivity index (χ1v) is 8.61. The van der Waals surface area contributed by atoms with E-state index in [0.29, 0.717) is 5.56 Å². The van der Waals surface area contributed by atoms with Gasteiger partial charge in [-0.1, -0.05) is 23.5 Å². The Labute approximate surface area is 142 Å². The molecule has 2 aromatic carbocycles. The van der Waals surface area contributed by atoms with E-state index in [0.717, 1.165) is 26.2 Å². The van der Waals surface area contributed by atoms with Crippen molar-refractivity contribution >= 4 is 38.6 Å². The molecule has 114 valence electrons. The summed E-state index contributed by atoms with van der Waals surface area (Å²) >= 11 is 2.83. The Balaban J connectivity index is 2.16. The lowest BCUT2D eigenvalue weighted by Gasteiger charge is -2.12. The van der Waals surface area contributed by atoms with Crippen LogP contribution < -0.4 is 4.98 Å². The minimum atomic E-state index is -0.0141. The number of benzene rings is 2. The third kappa shape index (κ3) is 3.07. The second-order valence-electron chi connectivity index (χ2n) is 5.15. The van der Waals surface area contributed by atoms with Gasteiger partial charge in [0.25, 0.3) is 5.24 Å². The summed E-state index contributed by atoms with van der Waals surface area (Å²) in [4.78, 5) is 17.8. The van der Waals surface area contributed by atoms with Crippen LogP contribution in [-0.4, -0.2) is 24.2 Å². The van der Waals surface area contributed by atoms with Crippen LogP contribution in [0.5, 0.6) is 0 Å². The molecule has 0 aliphatic carbocycles. The average molecular weight is 340 g/mol. The third-order valence-corrected chi connectivity index (χ3v) is 5.37. The molecule has 1 aromatic heterocycles. The fourth-order valence-electron chi connectivity index (χ4n) is 2.21. The van der Waals surface area contributed by atoms with Gasteiger partial charge in [-0.25, -0.2) is 4.98 Å². The number of H-pyrrole nitrogens is 1. The molecule has 0 fully saturated rings. The van der Waals surface area contributed by atoms with Crippen molar-refractivity contribution < 1.29 is 9.78 Å². The Kier molecular flexibility index (Phi) is 4.33. The highest BCUT2D eigenvalue weighted by Crippen LogP contribution is 2.39. The fourth-order valence-corrected chi connectivity index (χ4v) is 4.00. The predicted molar refractivity (Wildman–Crippen MR) is 93.5 cm³/mol. The molecule has 3 aromatic rings. The standard InChI is InChI=1S/C17H13N3OS2/c1-20(2)17(21)23-14-8-7-13-16(22-10-19-13)15(14)12-5-3-11(9-18)4-6-12/h3-8,10H,1-2H3/p+1. The van der Waals surface area contributed by atoms with Crippen molar-refractivity contribution in [3.63, 3.8) is 0 Å². The number of carbonyl (C=O) groups is 1. The minimum absolute atomic E-state index is 0.0141. The summed E-state index contributed by atoms with van der Waals surface area (Å²) in [5.41, 5.74) is 5.62. The van der Waals surface area contributed by atoms with Crippen LogP contribution in [0.3, 0.4) is 0 Å². The molecule has 0 atom stereocenters. The van der Waals surface area contributed by atoms with Crippen LogP contribution >= 0.6 is 23.1 Å². The molecule has 1 heterocycles. The second-order valence-corrected chi connectivity index (χ2v) is 7.02. The first kappa shape index (κ1) is 15.5. The van der Waals surface area contributed by atoms with Crippen LogP contribution in [0.2, 0.25) is 0 Å². The molecule has 0 spiro atoms. The van der Waals surface area contributed by atoms with E-state index in [4.69, 9.17) is 5.26 Å². The maximum Gasteiger partial charge on any atom is 0.285 e. The summed E-state index contributed by atoms with van der Waals surface area (Å²) in [6.45, 7) is 0. The van der Waals surface area contributed by atoms with E-state index in [1.807, 2.05) is 29.8 Å². The molecule has 0 saturated heterocycles. The van der Waals surface area contributed by atoms with Crippen LogP contribution in [0.25, 0.3) is 21.3 Å². The number of nitrogens with zero attached hydrogens (tertiary/aromatic N) is 2. The van der Waals surface area contributed by atoms with E-state index >= 15 is 0 Å². The number of thioether (sulfide) groups is 1. The number of thiazole rings is 1. The Morgan fingerprint density at radius 2 is 1.96 bits per heavy atom. The third-order valence-electron chi connectivity index (χ3n) is 3.38. The summed E-state index contributed by atoms with van der Waals surface area (Å²) in [7, 11) is 3.49. The van der Waals surface area contributed by atoms with Gasteiger partial charge in [0.15, 0.2) is 0 Å². The highest BCUT2D eigenvalue weighted by molar-refractivity contribution is 8.13. The molecule has 0 unspecified atom stereocenters. The molecule has 1 N–H and O–H groups in total. The lowest BCUT2D eigenvalue weighted by atomic mass is 10.0. The van der Waals surface area contributed by atoms with Gasteiger partial charge in [0.05, 0.1) is 11.6 Å². The van der Waals surface area contributed by atoms with Crippen molar-refractivity contribution in [2.75, 3.05) is 14.1 Å². The number of amides is 1. The van der Waals surface area contributed by atoms with Gasteiger partial charge < -0.3 is 4.90 Å². The highest BCUT2D eigenvalue weighted by Gasteiger charge is 2.18. The Morgan fingerprint density at radius 1 is 1.22 bits per heavy atom. The van der Waals surface area contributed by atoms with E-state index in [-0.39, 0.29) is 5.24 Å². The summed E-state index contributed by atoms with van der Waals surface area (Å²) < 4.78 is 1.10. The minimum Gasteiger partial charge on any atom is -0.339 e. The van der Waals surface area contributed by atoms with Gasteiger partial charge in [-0.15, -0.1) is 0 Å². The van der Waals surface area contributed by atoms with Gasteiger partial charge in [0.2, 0.25) is 11.0 Å². The Hall–Kier alpha value is -2.36. The van der Waals surface area contributed by atoms with Crippen molar-refractivity contribution in [3.05, 3.63) is 47.5 Å². The lowest BCUT2D eigenvalue weighted by molar-refractivity contribution is -0.338. The highest BCUT2D eigenvalue weighted by atomic mass is 32.2. The quantitative estimate of drug-likeness (QED) is 0.662. The van der Waals surface area contributed by atoms with E-state index in [9.17, 15) is 4.79 Å². The number of nitrogens with one attached hydrogen (secondary N) is 1. The van der Waals surface area contributed by atoms with Crippen LogP contribution in [0.1, 0.15) is 5.56 Å². The van der Waals surface area contributed by atoms with Gasteiger partial charge in [-0.3, -0.25) is 4.79 Å². The van der Waals surface area contributed by atoms with E-state index in [1.165, 1.54) is 11.8 Å². The topological polar surface area (TPSA) is 58.2 Å². The number of rotatable bonds is 2. The molecule has 23 heavy (non-hydrogen) atoms. The van der Waals surface area contributed by atoms with Crippen LogP contribution in [-0.2, 0) is 0 Å². The Bertz CT molecular complexity index is 908. The van der Waals surface area contributed by atoms with E-state index in [1.54, 1.807) is 42.5 Å². The number of hydrogen-bond acceptors (Lipinski definition) is 4. The number of fused-ring (bicyclic) bond motifs is 1. The van der Waals surface area contributed by atoms with Crippen molar-refractivity contribution in [1.82, 2.24) is 4.90 Å².